The first kappa shape index (κ1) is 18.1. The van der Waals surface area contributed by atoms with E-state index in [-0.39, 0.29) is 11.6 Å². The summed E-state index contributed by atoms with van der Waals surface area (Å²) in [6.45, 7) is 2.29. The third kappa shape index (κ3) is 3.84. The standard InChI is InChI=1S/C21H19FN4O2/c22-17-6-7-18(19(13-17)25-8-10-28-11-9-25)21(27)20(26-15-23-14-24-26)12-16-4-2-1-3-5-16/h1-7,12-15H,8-11H2/b20-12-. The molecule has 2 aromatic carbocycles. The number of hydrogen-bond donors (Lipinski definition) is 0. The van der Waals surface area contributed by atoms with Crippen LogP contribution in [0.3, 0.4) is 0 Å². The zero-order valence-electron chi connectivity index (χ0n) is 15.2. The van der Waals surface area contributed by atoms with Crippen LogP contribution in [0.1, 0.15) is 15.9 Å². The molecule has 0 amide bonds. The van der Waals surface area contributed by atoms with E-state index in [0.29, 0.717) is 43.3 Å². The van der Waals surface area contributed by atoms with Gasteiger partial charge in [0, 0.05) is 18.7 Å². The number of allylic oxidation sites excluding steroid dienone is 1. The number of Topliss-reactive ketones (excluding diaryl/α,β-unsaturated/α-hetero) is 1. The maximum absolute atomic E-state index is 14.0. The van der Waals surface area contributed by atoms with Gasteiger partial charge >= 0.3 is 0 Å². The van der Waals surface area contributed by atoms with Crippen LogP contribution in [0.5, 0.6) is 0 Å². The van der Waals surface area contributed by atoms with Crippen molar-refractivity contribution in [1.29, 1.82) is 0 Å². The van der Waals surface area contributed by atoms with E-state index in [2.05, 4.69) is 10.1 Å². The number of rotatable bonds is 5. The predicted octanol–water partition coefficient (Wildman–Crippen LogP) is 3.13. The van der Waals surface area contributed by atoms with Gasteiger partial charge in [-0.15, -0.1) is 0 Å². The molecule has 0 atom stereocenters. The van der Waals surface area contributed by atoms with Gasteiger partial charge in [0.25, 0.3) is 0 Å². The summed E-state index contributed by atoms with van der Waals surface area (Å²) >= 11 is 0. The van der Waals surface area contributed by atoms with Gasteiger partial charge < -0.3 is 9.64 Å². The van der Waals surface area contributed by atoms with E-state index in [9.17, 15) is 9.18 Å². The van der Waals surface area contributed by atoms with Crippen LogP contribution in [0.4, 0.5) is 10.1 Å². The quantitative estimate of drug-likeness (QED) is 0.504. The number of aromatic nitrogens is 3. The van der Waals surface area contributed by atoms with E-state index >= 15 is 0 Å². The van der Waals surface area contributed by atoms with Crippen molar-refractivity contribution in [2.45, 2.75) is 0 Å². The van der Waals surface area contributed by atoms with Crippen LogP contribution in [0, 0.1) is 5.82 Å². The van der Waals surface area contributed by atoms with E-state index in [1.807, 2.05) is 35.2 Å². The molecule has 142 valence electrons. The van der Waals surface area contributed by atoms with Crippen LogP contribution < -0.4 is 4.90 Å². The maximum atomic E-state index is 14.0. The molecule has 1 aliphatic rings. The highest BCUT2D eigenvalue weighted by Gasteiger charge is 2.23. The van der Waals surface area contributed by atoms with Crippen LogP contribution in [0.25, 0.3) is 11.8 Å². The van der Waals surface area contributed by atoms with Crippen LogP contribution >= 0.6 is 0 Å². The van der Waals surface area contributed by atoms with E-state index in [1.54, 1.807) is 6.08 Å². The van der Waals surface area contributed by atoms with Crippen LogP contribution in [0.2, 0.25) is 0 Å². The Kier molecular flexibility index (Phi) is 5.25. The van der Waals surface area contributed by atoms with Crippen molar-refractivity contribution in [2.24, 2.45) is 0 Å². The van der Waals surface area contributed by atoms with Gasteiger partial charge in [-0.2, -0.15) is 5.10 Å². The van der Waals surface area contributed by atoms with Gasteiger partial charge in [-0.25, -0.2) is 14.1 Å². The lowest BCUT2D eigenvalue weighted by molar-refractivity contribution is 0.104. The Morgan fingerprint density at radius 1 is 1.11 bits per heavy atom. The fraction of sp³-hybridized carbons (Fsp3) is 0.190. The molecule has 7 heteroatoms. The number of carbonyl (C=O) groups excluding carboxylic acids is 1. The Labute approximate surface area is 161 Å². The fourth-order valence-corrected chi connectivity index (χ4v) is 3.18. The molecule has 0 saturated carbocycles. The van der Waals surface area contributed by atoms with Crippen molar-refractivity contribution < 1.29 is 13.9 Å². The van der Waals surface area contributed by atoms with Gasteiger partial charge in [0.1, 0.15) is 24.2 Å². The van der Waals surface area contributed by atoms with Crippen LogP contribution in [0.15, 0.2) is 61.2 Å². The zero-order chi connectivity index (χ0) is 19.3. The second kappa shape index (κ2) is 8.14. The minimum atomic E-state index is -0.382. The Hall–Kier alpha value is -3.32. The average molecular weight is 378 g/mol. The Bertz CT molecular complexity index is 981. The molecule has 0 spiro atoms. The maximum Gasteiger partial charge on any atom is 0.213 e. The number of hydrogen-bond acceptors (Lipinski definition) is 5. The molecule has 0 aliphatic carbocycles. The minimum absolute atomic E-state index is 0.254. The Balaban J connectivity index is 1.78. The number of nitrogens with zero attached hydrogens (tertiary/aromatic N) is 4. The lowest BCUT2D eigenvalue weighted by atomic mass is 10.0. The van der Waals surface area contributed by atoms with E-state index in [4.69, 9.17) is 4.74 Å². The van der Waals surface area contributed by atoms with E-state index in [0.717, 1.165) is 5.56 Å². The third-order valence-corrected chi connectivity index (χ3v) is 4.56. The lowest BCUT2D eigenvalue weighted by Crippen LogP contribution is -2.37. The van der Waals surface area contributed by atoms with Crippen molar-refractivity contribution in [1.82, 2.24) is 14.8 Å². The minimum Gasteiger partial charge on any atom is -0.378 e. The molecule has 0 unspecified atom stereocenters. The van der Waals surface area contributed by atoms with Gasteiger partial charge in [0.15, 0.2) is 0 Å². The first-order valence-corrected chi connectivity index (χ1v) is 9.01. The summed E-state index contributed by atoms with van der Waals surface area (Å²) in [7, 11) is 0. The van der Waals surface area contributed by atoms with Crippen molar-refractivity contribution >= 4 is 23.2 Å². The summed E-state index contributed by atoms with van der Waals surface area (Å²) in [5, 5.41) is 4.13. The molecule has 4 rings (SSSR count). The van der Waals surface area contributed by atoms with E-state index < -0.39 is 0 Å². The summed E-state index contributed by atoms with van der Waals surface area (Å²) in [4.78, 5) is 19.4. The molecular formula is C21H19FN4O2. The zero-order valence-corrected chi connectivity index (χ0v) is 15.2. The number of ether oxygens (including phenoxy) is 1. The number of anilines is 1. The van der Waals surface area contributed by atoms with Gasteiger partial charge in [0.2, 0.25) is 5.78 Å². The molecule has 1 fully saturated rings. The predicted molar refractivity (Wildman–Crippen MR) is 104 cm³/mol. The molecule has 1 saturated heterocycles. The molecular weight excluding hydrogens is 359 g/mol. The van der Waals surface area contributed by atoms with Crippen molar-refractivity contribution in [3.63, 3.8) is 0 Å². The Morgan fingerprint density at radius 3 is 2.61 bits per heavy atom. The second-order valence-corrected chi connectivity index (χ2v) is 6.37. The molecule has 6 nitrogen and oxygen atoms in total. The monoisotopic (exact) mass is 378 g/mol. The highest BCUT2D eigenvalue weighted by molar-refractivity contribution is 6.29. The summed E-state index contributed by atoms with van der Waals surface area (Å²) in [5.74, 6) is -0.636. The molecule has 0 N–H and O–H groups in total. The molecule has 1 aromatic heterocycles. The highest BCUT2D eigenvalue weighted by atomic mass is 19.1. The molecule has 0 bridgehead atoms. The topological polar surface area (TPSA) is 60.2 Å². The van der Waals surface area contributed by atoms with Gasteiger partial charge in [0.05, 0.1) is 18.9 Å². The average Bonchev–Trinajstić information content (AvgIpc) is 3.27. The van der Waals surface area contributed by atoms with Crippen molar-refractivity contribution in [2.75, 3.05) is 31.2 Å². The molecule has 28 heavy (non-hydrogen) atoms. The van der Waals surface area contributed by atoms with Gasteiger partial charge in [-0.05, 0) is 29.8 Å². The summed E-state index contributed by atoms with van der Waals surface area (Å²) < 4.78 is 20.8. The largest absolute Gasteiger partial charge is 0.378 e. The molecule has 3 aromatic rings. The third-order valence-electron chi connectivity index (χ3n) is 4.56. The Morgan fingerprint density at radius 2 is 1.89 bits per heavy atom. The second-order valence-electron chi connectivity index (χ2n) is 6.37. The smallest absolute Gasteiger partial charge is 0.213 e. The number of halogens is 1. The number of ketones is 1. The summed E-state index contributed by atoms with van der Waals surface area (Å²) in [6, 6.07) is 13.7. The summed E-state index contributed by atoms with van der Waals surface area (Å²) in [5.41, 5.74) is 2.18. The van der Waals surface area contributed by atoms with Gasteiger partial charge in [-0.1, -0.05) is 30.3 Å². The summed E-state index contributed by atoms with van der Waals surface area (Å²) in [6.07, 6.45) is 4.60. The number of benzene rings is 2. The molecule has 2 heterocycles. The normalized spacial score (nSPS) is 14.9. The van der Waals surface area contributed by atoms with Crippen LogP contribution in [-0.4, -0.2) is 46.9 Å². The fourth-order valence-electron chi connectivity index (χ4n) is 3.18. The number of carbonyl (C=O) groups is 1. The van der Waals surface area contributed by atoms with Crippen molar-refractivity contribution in [3.8, 4) is 0 Å². The highest BCUT2D eigenvalue weighted by Crippen LogP contribution is 2.27. The molecule has 0 radical (unpaired) electrons. The SMILES string of the molecule is O=C(/C(=C/c1ccccc1)n1cncn1)c1ccc(F)cc1N1CCOCC1. The first-order valence-electron chi connectivity index (χ1n) is 9.01. The van der Waals surface area contributed by atoms with E-state index in [1.165, 1.54) is 35.5 Å². The number of morpholine rings is 1. The lowest BCUT2D eigenvalue weighted by Gasteiger charge is -2.30. The van der Waals surface area contributed by atoms with Gasteiger partial charge in [-0.3, -0.25) is 4.79 Å². The van der Waals surface area contributed by atoms with Crippen LogP contribution in [-0.2, 0) is 4.74 Å². The molecule has 1 aliphatic heterocycles. The van der Waals surface area contributed by atoms with Crippen molar-refractivity contribution in [3.05, 3.63) is 78.1 Å². The first-order chi connectivity index (χ1) is 13.7.